The summed E-state index contributed by atoms with van der Waals surface area (Å²) >= 11 is 0. The maximum Gasteiger partial charge on any atom is 0.241 e. The second-order valence-corrected chi connectivity index (χ2v) is 8.13. The molecule has 8 heteroatoms. The molecule has 33 heavy (non-hydrogen) atoms. The van der Waals surface area contributed by atoms with Crippen molar-refractivity contribution in [1.29, 1.82) is 0 Å². The van der Waals surface area contributed by atoms with Gasteiger partial charge in [-0.3, -0.25) is 9.69 Å². The summed E-state index contributed by atoms with van der Waals surface area (Å²) in [7, 11) is 3.51. The number of hydrogen-bond acceptors (Lipinski definition) is 4. The van der Waals surface area contributed by atoms with Crippen molar-refractivity contribution in [3.63, 3.8) is 0 Å². The molecule has 2 aromatic carbocycles. The molecule has 1 fully saturated rings. The summed E-state index contributed by atoms with van der Waals surface area (Å²) in [5, 5.41) is 6.55. The smallest absolute Gasteiger partial charge is 0.241 e. The molecule has 180 valence electrons. The summed E-state index contributed by atoms with van der Waals surface area (Å²) < 4.78 is 5.47. The predicted molar refractivity (Wildman–Crippen MR) is 144 cm³/mol. The van der Waals surface area contributed by atoms with Crippen LogP contribution in [0, 0.1) is 0 Å². The number of nitrogens with one attached hydrogen (secondary N) is 2. The number of carbonyl (C=O) groups is 1. The number of likely N-dealkylation sites (N-methyl/N-ethyl adjacent to an activating group) is 1. The second-order valence-electron chi connectivity index (χ2n) is 8.13. The van der Waals surface area contributed by atoms with Gasteiger partial charge in [-0.25, -0.2) is 4.99 Å². The number of benzene rings is 2. The van der Waals surface area contributed by atoms with Gasteiger partial charge in [-0.2, -0.15) is 0 Å². The molecule has 1 aliphatic heterocycles. The Morgan fingerprint density at radius 2 is 1.67 bits per heavy atom. The van der Waals surface area contributed by atoms with E-state index in [0.717, 1.165) is 45.8 Å². The lowest BCUT2D eigenvalue weighted by Gasteiger charge is -2.27. The zero-order chi connectivity index (χ0) is 22.6. The largest absolute Gasteiger partial charge is 0.379 e. The molecule has 3 rings (SSSR count). The molecular weight excluding hydrogens is 529 g/mol. The van der Waals surface area contributed by atoms with Crippen molar-refractivity contribution < 1.29 is 9.53 Å². The maximum absolute atomic E-state index is 12.1. The third-order valence-electron chi connectivity index (χ3n) is 5.48. The van der Waals surface area contributed by atoms with E-state index in [2.05, 4.69) is 51.9 Å². The lowest BCUT2D eigenvalue weighted by atomic mass is 10.1. The Morgan fingerprint density at radius 1 is 1.00 bits per heavy atom. The molecule has 0 aliphatic carbocycles. The Kier molecular flexibility index (Phi) is 12.2. The van der Waals surface area contributed by atoms with Crippen LogP contribution in [0.4, 0.5) is 0 Å². The third kappa shape index (κ3) is 9.69. The van der Waals surface area contributed by atoms with Crippen molar-refractivity contribution in [3.05, 3.63) is 71.3 Å². The molecule has 0 bridgehead atoms. The zero-order valence-corrected chi connectivity index (χ0v) is 22.0. The van der Waals surface area contributed by atoms with E-state index in [1.54, 1.807) is 19.0 Å². The highest BCUT2D eigenvalue weighted by Gasteiger charge is 2.13. The maximum atomic E-state index is 12.1. The van der Waals surface area contributed by atoms with Gasteiger partial charge in [-0.05, 0) is 23.1 Å². The fourth-order valence-electron chi connectivity index (χ4n) is 3.49. The Balaban J connectivity index is 0.00000385. The van der Waals surface area contributed by atoms with Crippen LogP contribution in [0.25, 0.3) is 0 Å². The van der Waals surface area contributed by atoms with E-state index >= 15 is 0 Å². The number of amides is 1. The fourth-order valence-corrected chi connectivity index (χ4v) is 3.49. The summed E-state index contributed by atoms with van der Waals surface area (Å²) in [5.74, 6) is 0.660. The van der Waals surface area contributed by atoms with Gasteiger partial charge in [0.2, 0.25) is 5.91 Å². The molecule has 2 aromatic rings. The van der Waals surface area contributed by atoms with E-state index in [4.69, 9.17) is 9.73 Å². The Morgan fingerprint density at radius 3 is 2.36 bits per heavy atom. The van der Waals surface area contributed by atoms with Crippen LogP contribution < -0.4 is 10.6 Å². The van der Waals surface area contributed by atoms with Crippen LogP contribution in [0.5, 0.6) is 0 Å². The molecule has 2 N–H and O–H groups in total. The molecule has 0 unspecified atom stereocenters. The highest BCUT2D eigenvalue weighted by Crippen LogP contribution is 2.14. The minimum atomic E-state index is 0. The van der Waals surface area contributed by atoms with Crippen molar-refractivity contribution in [2.45, 2.75) is 19.5 Å². The molecule has 1 aliphatic rings. The van der Waals surface area contributed by atoms with Gasteiger partial charge in [0.05, 0.1) is 26.3 Å². The van der Waals surface area contributed by atoms with Gasteiger partial charge in [0.1, 0.15) is 0 Å². The van der Waals surface area contributed by atoms with Crippen molar-refractivity contribution in [1.82, 2.24) is 20.4 Å². The average Bonchev–Trinajstić information content (AvgIpc) is 2.82. The number of carbonyl (C=O) groups excluding carboxylic acids is 1. The monoisotopic (exact) mass is 565 g/mol. The first-order valence-corrected chi connectivity index (χ1v) is 11.2. The number of aliphatic imine (C=N–C) groups is 1. The van der Waals surface area contributed by atoms with Crippen LogP contribution in [-0.4, -0.2) is 75.2 Å². The summed E-state index contributed by atoms with van der Waals surface area (Å²) in [6.45, 7) is 5.90. The zero-order valence-electron chi connectivity index (χ0n) is 19.6. The van der Waals surface area contributed by atoms with Crippen molar-refractivity contribution in [3.8, 4) is 0 Å². The van der Waals surface area contributed by atoms with Crippen molar-refractivity contribution >= 4 is 35.8 Å². The number of hydrogen-bond donors (Lipinski definition) is 2. The lowest BCUT2D eigenvalue weighted by Crippen LogP contribution is -2.43. The molecule has 0 aromatic heterocycles. The standard InChI is InChI=1S/C25H35N5O2.HI/c1-29(2)24(31)19-28-25(26-13-12-21-8-4-3-5-9-21)27-18-22-10-6-7-11-23(22)20-30-14-16-32-17-15-30;/h3-11H,12-20H2,1-2H3,(H2,26,27,28);1H. The van der Waals surface area contributed by atoms with Crippen LogP contribution in [0.1, 0.15) is 16.7 Å². The Hall–Kier alpha value is -2.17. The normalized spacial score (nSPS) is 14.3. The summed E-state index contributed by atoms with van der Waals surface area (Å²) in [5.41, 5.74) is 3.74. The third-order valence-corrected chi connectivity index (χ3v) is 5.48. The van der Waals surface area contributed by atoms with Crippen LogP contribution in [0.2, 0.25) is 0 Å². The molecule has 0 radical (unpaired) electrons. The van der Waals surface area contributed by atoms with Crippen LogP contribution in [0.3, 0.4) is 0 Å². The van der Waals surface area contributed by atoms with E-state index in [-0.39, 0.29) is 36.4 Å². The minimum absolute atomic E-state index is 0. The van der Waals surface area contributed by atoms with Gasteiger partial charge in [0.15, 0.2) is 5.96 Å². The fraction of sp³-hybridized carbons (Fsp3) is 0.440. The molecule has 1 heterocycles. The average molecular weight is 566 g/mol. The number of morpholine rings is 1. The second kappa shape index (κ2) is 14.9. The van der Waals surface area contributed by atoms with Crippen molar-refractivity contribution in [2.24, 2.45) is 4.99 Å². The first kappa shape index (κ1) is 27.1. The quantitative estimate of drug-likeness (QED) is 0.278. The first-order valence-electron chi connectivity index (χ1n) is 11.2. The summed E-state index contributed by atoms with van der Waals surface area (Å²) in [4.78, 5) is 20.8. The van der Waals surface area contributed by atoms with Crippen LogP contribution >= 0.6 is 24.0 Å². The number of ether oxygens (including phenoxy) is 1. The van der Waals surface area contributed by atoms with Gasteiger partial charge in [0.25, 0.3) is 0 Å². The van der Waals surface area contributed by atoms with E-state index in [1.807, 2.05) is 18.2 Å². The number of nitrogens with zero attached hydrogens (tertiary/aromatic N) is 3. The van der Waals surface area contributed by atoms with Crippen LogP contribution in [-0.2, 0) is 29.0 Å². The molecule has 0 spiro atoms. The Labute approximate surface area is 214 Å². The minimum Gasteiger partial charge on any atom is -0.379 e. The molecule has 0 atom stereocenters. The van der Waals surface area contributed by atoms with Gasteiger partial charge in [0, 0.05) is 40.3 Å². The van der Waals surface area contributed by atoms with Crippen LogP contribution in [0.15, 0.2) is 59.6 Å². The number of halogens is 1. The van der Waals surface area contributed by atoms with E-state index < -0.39 is 0 Å². The van der Waals surface area contributed by atoms with E-state index in [1.165, 1.54) is 16.7 Å². The lowest BCUT2D eigenvalue weighted by molar-refractivity contribution is -0.127. The van der Waals surface area contributed by atoms with Gasteiger partial charge < -0.3 is 20.3 Å². The van der Waals surface area contributed by atoms with Gasteiger partial charge in [-0.15, -0.1) is 24.0 Å². The number of guanidine groups is 1. The van der Waals surface area contributed by atoms with Crippen molar-refractivity contribution in [2.75, 3.05) is 53.5 Å². The highest BCUT2D eigenvalue weighted by atomic mass is 127. The topological polar surface area (TPSA) is 69.2 Å². The highest BCUT2D eigenvalue weighted by molar-refractivity contribution is 14.0. The van der Waals surface area contributed by atoms with E-state index in [0.29, 0.717) is 12.5 Å². The van der Waals surface area contributed by atoms with Gasteiger partial charge >= 0.3 is 0 Å². The number of rotatable bonds is 9. The summed E-state index contributed by atoms with van der Waals surface area (Å²) in [6.07, 6.45) is 0.886. The molecule has 7 nitrogen and oxygen atoms in total. The molecular formula is C25H36IN5O2. The SMILES string of the molecule is CN(C)C(=O)CNC(=NCc1ccccc1CN1CCOCC1)NCCc1ccccc1.I. The first-order chi connectivity index (χ1) is 15.6. The molecule has 1 saturated heterocycles. The summed E-state index contributed by atoms with van der Waals surface area (Å²) in [6, 6.07) is 18.8. The Bertz CT molecular complexity index is 870. The van der Waals surface area contributed by atoms with E-state index in [9.17, 15) is 4.79 Å². The predicted octanol–water partition coefficient (Wildman–Crippen LogP) is 2.50. The molecule has 0 saturated carbocycles. The molecule has 1 amide bonds. The van der Waals surface area contributed by atoms with Gasteiger partial charge in [-0.1, -0.05) is 54.6 Å².